The number of benzene rings is 1. The first kappa shape index (κ1) is 18.7. The number of aryl methyl sites for hydroxylation is 1. The Morgan fingerprint density at radius 3 is 2.63 bits per heavy atom. The van der Waals surface area contributed by atoms with E-state index in [0.29, 0.717) is 18.0 Å². The van der Waals surface area contributed by atoms with Crippen molar-refractivity contribution < 1.29 is 14.4 Å². The Morgan fingerprint density at radius 2 is 1.90 bits per heavy atom. The van der Waals surface area contributed by atoms with Gasteiger partial charge >= 0.3 is 0 Å². The van der Waals surface area contributed by atoms with Crippen molar-refractivity contribution in [2.75, 3.05) is 11.9 Å². The van der Waals surface area contributed by atoms with Crippen LogP contribution in [0.4, 0.5) is 5.13 Å². The van der Waals surface area contributed by atoms with E-state index in [1.807, 2.05) is 48.7 Å². The number of para-hydroxylation sites is 1. The zero-order chi connectivity index (χ0) is 20.8. The molecule has 0 saturated carbocycles. The van der Waals surface area contributed by atoms with Crippen LogP contribution in [0, 0.1) is 18.8 Å². The van der Waals surface area contributed by atoms with E-state index in [9.17, 15) is 14.4 Å². The number of carbonyl (C=O) groups is 3. The van der Waals surface area contributed by atoms with Crippen LogP contribution >= 0.6 is 11.3 Å². The molecule has 1 fully saturated rings. The van der Waals surface area contributed by atoms with E-state index in [1.54, 1.807) is 0 Å². The second-order valence-electron chi connectivity index (χ2n) is 7.68. The Labute approximate surface area is 176 Å². The van der Waals surface area contributed by atoms with Gasteiger partial charge in [-0.2, -0.15) is 0 Å². The van der Waals surface area contributed by atoms with Crippen molar-refractivity contribution in [2.24, 2.45) is 11.8 Å². The Morgan fingerprint density at radius 1 is 1.20 bits per heavy atom. The van der Waals surface area contributed by atoms with Gasteiger partial charge in [0.15, 0.2) is 5.13 Å². The molecule has 2 aromatic heterocycles. The molecule has 1 saturated heterocycles. The number of anilines is 1. The number of H-pyrrole nitrogens is 1. The van der Waals surface area contributed by atoms with Gasteiger partial charge in [-0.05, 0) is 25.8 Å². The predicted octanol–water partition coefficient (Wildman–Crippen LogP) is 3.49. The first-order valence-electron chi connectivity index (χ1n) is 9.86. The van der Waals surface area contributed by atoms with E-state index in [2.05, 4.69) is 15.3 Å². The highest BCUT2D eigenvalue weighted by atomic mass is 32.1. The molecule has 8 heteroatoms. The number of aromatic nitrogens is 2. The average molecular weight is 420 g/mol. The molecule has 1 aliphatic heterocycles. The number of allylic oxidation sites excluding steroid dienone is 2. The van der Waals surface area contributed by atoms with Crippen molar-refractivity contribution in [3.8, 4) is 11.3 Å². The molecule has 7 nitrogen and oxygen atoms in total. The van der Waals surface area contributed by atoms with Crippen LogP contribution < -0.4 is 5.32 Å². The van der Waals surface area contributed by atoms with Crippen LogP contribution in [0.2, 0.25) is 0 Å². The van der Waals surface area contributed by atoms with Gasteiger partial charge in [0.25, 0.3) is 0 Å². The standard InChI is InChI=1S/C22H20N4O3S/c1-12-19(15-8-4-5-9-16(15)23-12)17-11-30-22(24-17)25-18(27)10-26-20(28)13-6-2-3-7-14(13)21(26)29/h2-5,8-9,11,13-14,23H,6-7,10H2,1H3,(H,24,25,27). The molecule has 2 atom stereocenters. The molecule has 0 bridgehead atoms. The van der Waals surface area contributed by atoms with Gasteiger partial charge in [0, 0.05) is 27.5 Å². The minimum absolute atomic E-state index is 0.251. The summed E-state index contributed by atoms with van der Waals surface area (Å²) in [7, 11) is 0. The number of nitrogens with one attached hydrogen (secondary N) is 2. The number of aromatic amines is 1. The first-order chi connectivity index (χ1) is 14.5. The first-order valence-corrected chi connectivity index (χ1v) is 10.7. The number of hydrogen-bond donors (Lipinski definition) is 2. The van der Waals surface area contributed by atoms with Crippen molar-refractivity contribution in [2.45, 2.75) is 19.8 Å². The van der Waals surface area contributed by atoms with Gasteiger partial charge in [-0.3, -0.25) is 19.3 Å². The van der Waals surface area contributed by atoms with Crippen LogP contribution in [-0.4, -0.2) is 39.1 Å². The predicted molar refractivity (Wildman–Crippen MR) is 115 cm³/mol. The number of imide groups is 1. The maximum Gasteiger partial charge on any atom is 0.246 e. The summed E-state index contributed by atoms with van der Waals surface area (Å²) in [6.45, 7) is 1.72. The van der Waals surface area contributed by atoms with Crippen molar-refractivity contribution >= 4 is 45.1 Å². The Balaban J connectivity index is 1.31. The maximum absolute atomic E-state index is 12.5. The molecule has 3 amide bonds. The molecule has 2 unspecified atom stereocenters. The van der Waals surface area contributed by atoms with Gasteiger partial charge < -0.3 is 10.3 Å². The molecule has 1 aromatic carbocycles. The third-order valence-electron chi connectivity index (χ3n) is 5.80. The monoisotopic (exact) mass is 420 g/mol. The van der Waals surface area contributed by atoms with Crippen LogP contribution in [0.1, 0.15) is 18.5 Å². The second kappa shape index (κ2) is 7.21. The van der Waals surface area contributed by atoms with Crippen LogP contribution in [0.15, 0.2) is 41.8 Å². The van der Waals surface area contributed by atoms with Gasteiger partial charge in [0.2, 0.25) is 17.7 Å². The molecule has 5 rings (SSSR count). The van der Waals surface area contributed by atoms with E-state index >= 15 is 0 Å². The molecule has 30 heavy (non-hydrogen) atoms. The lowest BCUT2D eigenvalue weighted by molar-refractivity contribution is -0.142. The maximum atomic E-state index is 12.5. The molecule has 3 heterocycles. The fourth-order valence-corrected chi connectivity index (χ4v) is 5.10. The van der Waals surface area contributed by atoms with Crippen molar-refractivity contribution in [1.82, 2.24) is 14.9 Å². The zero-order valence-electron chi connectivity index (χ0n) is 16.3. The second-order valence-corrected chi connectivity index (χ2v) is 8.53. The van der Waals surface area contributed by atoms with E-state index < -0.39 is 5.91 Å². The summed E-state index contributed by atoms with van der Waals surface area (Å²) >= 11 is 1.32. The highest BCUT2D eigenvalue weighted by Crippen LogP contribution is 2.36. The van der Waals surface area contributed by atoms with Crippen LogP contribution in [0.5, 0.6) is 0 Å². The highest BCUT2D eigenvalue weighted by Gasteiger charge is 2.47. The van der Waals surface area contributed by atoms with Crippen molar-refractivity contribution in [3.63, 3.8) is 0 Å². The summed E-state index contributed by atoms with van der Waals surface area (Å²) < 4.78 is 0. The van der Waals surface area contributed by atoms with Crippen molar-refractivity contribution in [3.05, 3.63) is 47.5 Å². The molecule has 0 radical (unpaired) electrons. The fraction of sp³-hybridized carbons (Fsp3) is 0.273. The third-order valence-corrected chi connectivity index (χ3v) is 6.56. The van der Waals surface area contributed by atoms with Gasteiger partial charge in [-0.25, -0.2) is 4.98 Å². The number of likely N-dealkylation sites (tertiary alicyclic amines) is 1. The summed E-state index contributed by atoms with van der Waals surface area (Å²) in [5, 5.41) is 6.15. The van der Waals surface area contributed by atoms with E-state index in [1.165, 1.54) is 11.3 Å². The number of fused-ring (bicyclic) bond motifs is 2. The smallest absolute Gasteiger partial charge is 0.246 e. The van der Waals surface area contributed by atoms with Crippen LogP contribution in [-0.2, 0) is 14.4 Å². The van der Waals surface area contributed by atoms with Crippen LogP contribution in [0.25, 0.3) is 22.2 Å². The lowest BCUT2D eigenvalue weighted by Crippen LogP contribution is -2.38. The van der Waals surface area contributed by atoms with Crippen molar-refractivity contribution in [1.29, 1.82) is 0 Å². The minimum Gasteiger partial charge on any atom is -0.358 e. The quantitative estimate of drug-likeness (QED) is 0.499. The number of carbonyl (C=O) groups excluding carboxylic acids is 3. The van der Waals surface area contributed by atoms with Gasteiger partial charge in [0.05, 0.1) is 17.5 Å². The topological polar surface area (TPSA) is 95.2 Å². The molecule has 0 spiro atoms. The number of thiazole rings is 1. The lowest BCUT2D eigenvalue weighted by Gasteiger charge is -2.14. The zero-order valence-corrected chi connectivity index (χ0v) is 17.2. The Hall–Kier alpha value is -3.26. The van der Waals surface area contributed by atoms with E-state index in [4.69, 9.17) is 0 Å². The molecule has 152 valence electrons. The average Bonchev–Trinajstić information content (AvgIpc) is 3.39. The van der Waals surface area contributed by atoms with Crippen LogP contribution in [0.3, 0.4) is 0 Å². The molecule has 2 N–H and O–H groups in total. The summed E-state index contributed by atoms with van der Waals surface area (Å²) in [6.07, 6.45) is 4.99. The van der Waals surface area contributed by atoms with E-state index in [-0.39, 0.29) is 30.2 Å². The molecular formula is C22H20N4O3S. The number of hydrogen-bond acceptors (Lipinski definition) is 5. The normalized spacial score (nSPS) is 20.8. The largest absolute Gasteiger partial charge is 0.358 e. The van der Waals surface area contributed by atoms with Gasteiger partial charge in [0.1, 0.15) is 6.54 Å². The lowest BCUT2D eigenvalue weighted by atomic mass is 9.85. The number of amides is 3. The van der Waals surface area contributed by atoms with Gasteiger partial charge in [-0.1, -0.05) is 30.4 Å². The number of nitrogens with zero attached hydrogens (tertiary/aromatic N) is 2. The molecular weight excluding hydrogens is 400 g/mol. The highest BCUT2D eigenvalue weighted by molar-refractivity contribution is 7.14. The van der Waals surface area contributed by atoms with Gasteiger partial charge in [-0.15, -0.1) is 11.3 Å². The minimum atomic E-state index is -0.417. The SMILES string of the molecule is Cc1[nH]c2ccccc2c1-c1csc(NC(=O)CN2C(=O)C3CC=CCC3C2=O)n1. The Bertz CT molecular complexity index is 1180. The summed E-state index contributed by atoms with van der Waals surface area (Å²) in [4.78, 5) is 46.6. The summed E-state index contributed by atoms with van der Waals surface area (Å²) in [5.41, 5.74) is 3.81. The Kier molecular flexibility index (Phi) is 4.51. The summed E-state index contributed by atoms with van der Waals surface area (Å²) in [6, 6.07) is 8.00. The van der Waals surface area contributed by atoms with E-state index in [0.717, 1.165) is 32.8 Å². The molecule has 3 aromatic rings. The summed E-state index contributed by atoms with van der Waals surface area (Å²) in [5.74, 6) is -1.57. The number of rotatable bonds is 4. The molecule has 2 aliphatic rings. The third kappa shape index (κ3) is 3.04. The fourth-order valence-electron chi connectivity index (χ4n) is 4.38. The molecule has 1 aliphatic carbocycles.